The summed E-state index contributed by atoms with van der Waals surface area (Å²) in [4.78, 5) is 28.0. The molecular weight excluding hydrogens is 352 g/mol. The van der Waals surface area contributed by atoms with E-state index in [9.17, 15) is 9.59 Å². The molecule has 5 heteroatoms. The fourth-order valence-corrected chi connectivity index (χ4v) is 3.73. The van der Waals surface area contributed by atoms with Crippen molar-refractivity contribution in [3.05, 3.63) is 60.2 Å². The number of fused-ring (bicyclic) bond motifs is 1. The molecule has 0 spiro atoms. The molecule has 1 N–H and O–H groups in total. The first-order chi connectivity index (χ1) is 13.1. The normalized spacial score (nSPS) is 17.8. The summed E-state index contributed by atoms with van der Waals surface area (Å²) < 4.78 is 5.67. The van der Waals surface area contributed by atoms with Gasteiger partial charge < -0.3 is 10.1 Å². The SMILES string of the molecule is CC(C)(C)NC(=O)C1N(C(=O)COc2ccccc2)c2ccccc2C1(C)C. The van der Waals surface area contributed by atoms with E-state index in [0.717, 1.165) is 11.3 Å². The predicted octanol–water partition coefficient (Wildman–Crippen LogP) is 3.67. The van der Waals surface area contributed by atoms with Gasteiger partial charge in [-0.2, -0.15) is 0 Å². The highest BCUT2D eigenvalue weighted by Crippen LogP contribution is 2.45. The molecule has 28 heavy (non-hydrogen) atoms. The summed E-state index contributed by atoms with van der Waals surface area (Å²) in [5, 5.41) is 3.04. The molecule has 148 valence electrons. The first-order valence-corrected chi connectivity index (χ1v) is 9.53. The van der Waals surface area contributed by atoms with Gasteiger partial charge in [-0.25, -0.2) is 0 Å². The van der Waals surface area contributed by atoms with Crippen molar-refractivity contribution in [2.24, 2.45) is 0 Å². The van der Waals surface area contributed by atoms with Crippen molar-refractivity contribution in [3.63, 3.8) is 0 Å². The van der Waals surface area contributed by atoms with Crippen LogP contribution in [0.1, 0.15) is 40.2 Å². The van der Waals surface area contributed by atoms with Crippen molar-refractivity contribution < 1.29 is 14.3 Å². The molecule has 5 nitrogen and oxygen atoms in total. The Bertz CT molecular complexity index is 869. The minimum atomic E-state index is -0.643. The molecule has 2 amide bonds. The van der Waals surface area contributed by atoms with Crippen molar-refractivity contribution in [2.45, 2.75) is 51.6 Å². The standard InChI is InChI=1S/C23H28N2O3/c1-22(2,3)24-21(27)20-23(4,5)17-13-9-10-14-18(17)25(20)19(26)15-28-16-11-7-6-8-12-16/h6-14,20H,15H2,1-5H3,(H,24,27). The maximum absolute atomic E-state index is 13.2. The molecule has 0 radical (unpaired) electrons. The van der Waals surface area contributed by atoms with Gasteiger partial charge in [-0.3, -0.25) is 14.5 Å². The second-order valence-electron chi connectivity index (χ2n) is 8.75. The van der Waals surface area contributed by atoms with Crippen LogP contribution in [0.15, 0.2) is 54.6 Å². The molecule has 2 aromatic rings. The molecule has 0 aliphatic carbocycles. The number of ether oxygens (including phenoxy) is 1. The molecule has 2 aromatic carbocycles. The number of nitrogens with one attached hydrogen (secondary N) is 1. The van der Waals surface area contributed by atoms with E-state index in [1.807, 2.05) is 77.1 Å². The smallest absolute Gasteiger partial charge is 0.265 e. The van der Waals surface area contributed by atoms with E-state index in [1.54, 1.807) is 17.0 Å². The van der Waals surface area contributed by atoms with E-state index in [4.69, 9.17) is 4.74 Å². The monoisotopic (exact) mass is 380 g/mol. The van der Waals surface area contributed by atoms with Crippen molar-refractivity contribution in [2.75, 3.05) is 11.5 Å². The van der Waals surface area contributed by atoms with Crippen LogP contribution < -0.4 is 15.0 Å². The van der Waals surface area contributed by atoms with Gasteiger partial charge in [0.25, 0.3) is 5.91 Å². The van der Waals surface area contributed by atoms with Gasteiger partial charge in [0.05, 0.1) is 0 Å². The van der Waals surface area contributed by atoms with Crippen LogP contribution in [-0.2, 0) is 15.0 Å². The third-order valence-electron chi connectivity index (χ3n) is 4.92. The van der Waals surface area contributed by atoms with Crippen molar-refractivity contribution >= 4 is 17.5 Å². The molecule has 0 aromatic heterocycles. The number of para-hydroxylation sites is 2. The minimum Gasteiger partial charge on any atom is -0.484 e. The van der Waals surface area contributed by atoms with Crippen molar-refractivity contribution in [3.8, 4) is 5.75 Å². The molecule has 0 fully saturated rings. The maximum atomic E-state index is 13.2. The summed E-state index contributed by atoms with van der Waals surface area (Å²) >= 11 is 0. The lowest BCUT2D eigenvalue weighted by molar-refractivity contribution is -0.129. The summed E-state index contributed by atoms with van der Waals surface area (Å²) in [6, 6.07) is 16.3. The lowest BCUT2D eigenvalue weighted by Gasteiger charge is -2.34. The third-order valence-corrected chi connectivity index (χ3v) is 4.92. The molecule has 1 unspecified atom stereocenters. The zero-order valence-electron chi connectivity index (χ0n) is 17.2. The molecule has 0 saturated carbocycles. The zero-order valence-corrected chi connectivity index (χ0v) is 17.2. The van der Waals surface area contributed by atoms with E-state index >= 15 is 0 Å². The fourth-order valence-electron chi connectivity index (χ4n) is 3.73. The second-order valence-corrected chi connectivity index (χ2v) is 8.75. The highest BCUT2D eigenvalue weighted by Gasteiger charge is 2.51. The number of hydrogen-bond acceptors (Lipinski definition) is 3. The summed E-state index contributed by atoms with van der Waals surface area (Å²) in [5.74, 6) is 0.219. The number of hydrogen-bond donors (Lipinski definition) is 1. The average Bonchev–Trinajstić information content (AvgIpc) is 2.87. The Morgan fingerprint density at radius 3 is 2.29 bits per heavy atom. The van der Waals surface area contributed by atoms with Gasteiger partial charge >= 0.3 is 0 Å². The van der Waals surface area contributed by atoms with E-state index < -0.39 is 17.0 Å². The molecule has 3 rings (SSSR count). The second kappa shape index (κ2) is 7.30. The molecule has 1 heterocycles. The number of carbonyl (C=O) groups excluding carboxylic acids is 2. The first-order valence-electron chi connectivity index (χ1n) is 9.53. The van der Waals surface area contributed by atoms with E-state index in [1.165, 1.54) is 0 Å². The molecule has 1 aliphatic rings. The Hall–Kier alpha value is -2.82. The van der Waals surface area contributed by atoms with Crippen LogP contribution in [0, 0.1) is 0 Å². The number of carbonyl (C=O) groups is 2. The Morgan fingerprint density at radius 2 is 1.64 bits per heavy atom. The lowest BCUT2D eigenvalue weighted by atomic mass is 9.80. The van der Waals surface area contributed by atoms with Crippen LogP contribution in [0.3, 0.4) is 0 Å². The largest absolute Gasteiger partial charge is 0.484 e. The van der Waals surface area contributed by atoms with Crippen LogP contribution in [0.25, 0.3) is 0 Å². The van der Waals surface area contributed by atoms with Gasteiger partial charge in [0.1, 0.15) is 11.8 Å². The minimum absolute atomic E-state index is 0.131. The summed E-state index contributed by atoms with van der Waals surface area (Å²) in [5.41, 5.74) is 0.839. The summed E-state index contributed by atoms with van der Waals surface area (Å²) in [7, 11) is 0. The molecular formula is C23H28N2O3. The third kappa shape index (κ3) is 3.88. The molecule has 1 aliphatic heterocycles. The number of anilines is 1. The van der Waals surface area contributed by atoms with Gasteiger partial charge in [0, 0.05) is 16.6 Å². The highest BCUT2D eigenvalue weighted by molar-refractivity contribution is 6.05. The zero-order chi connectivity index (χ0) is 20.5. The topological polar surface area (TPSA) is 58.6 Å². The Morgan fingerprint density at radius 1 is 1.04 bits per heavy atom. The fraction of sp³-hybridized carbons (Fsp3) is 0.391. The van der Waals surface area contributed by atoms with Crippen molar-refractivity contribution in [1.29, 1.82) is 0 Å². The van der Waals surface area contributed by atoms with Crippen LogP contribution in [0.4, 0.5) is 5.69 Å². The van der Waals surface area contributed by atoms with Crippen molar-refractivity contribution in [1.82, 2.24) is 5.32 Å². The highest BCUT2D eigenvalue weighted by atomic mass is 16.5. The number of nitrogens with zero attached hydrogens (tertiary/aromatic N) is 1. The van der Waals surface area contributed by atoms with Gasteiger partial charge in [-0.1, -0.05) is 50.2 Å². The maximum Gasteiger partial charge on any atom is 0.265 e. The average molecular weight is 380 g/mol. The Kier molecular flexibility index (Phi) is 5.20. The molecule has 0 saturated heterocycles. The summed E-state index contributed by atoms with van der Waals surface area (Å²) in [6.45, 7) is 9.68. The number of amides is 2. The van der Waals surface area contributed by atoms with Gasteiger partial charge in [0.2, 0.25) is 5.91 Å². The number of benzene rings is 2. The molecule has 0 bridgehead atoms. The predicted molar refractivity (Wildman–Crippen MR) is 111 cm³/mol. The first kappa shape index (κ1) is 19.9. The summed E-state index contributed by atoms with van der Waals surface area (Å²) in [6.07, 6.45) is 0. The number of rotatable bonds is 4. The van der Waals surface area contributed by atoms with Gasteiger partial charge in [-0.05, 0) is 44.5 Å². The van der Waals surface area contributed by atoms with E-state index in [2.05, 4.69) is 5.32 Å². The van der Waals surface area contributed by atoms with E-state index in [-0.39, 0.29) is 18.4 Å². The quantitative estimate of drug-likeness (QED) is 0.880. The Balaban J connectivity index is 1.92. The Labute approximate surface area is 166 Å². The van der Waals surface area contributed by atoms with Crippen LogP contribution in [0.2, 0.25) is 0 Å². The van der Waals surface area contributed by atoms with Crippen LogP contribution >= 0.6 is 0 Å². The van der Waals surface area contributed by atoms with Crippen LogP contribution in [0.5, 0.6) is 5.75 Å². The van der Waals surface area contributed by atoms with Crippen LogP contribution in [-0.4, -0.2) is 30.0 Å². The van der Waals surface area contributed by atoms with E-state index in [0.29, 0.717) is 5.75 Å². The van der Waals surface area contributed by atoms with Gasteiger partial charge in [-0.15, -0.1) is 0 Å². The lowest BCUT2D eigenvalue weighted by Crippen LogP contribution is -2.58. The molecule has 1 atom stereocenters. The van der Waals surface area contributed by atoms with Gasteiger partial charge in [0.15, 0.2) is 6.61 Å².